The Hall–Kier alpha value is -0.120. The van der Waals surface area contributed by atoms with Crippen molar-refractivity contribution in [3.05, 3.63) is 0 Å². The summed E-state index contributed by atoms with van der Waals surface area (Å²) >= 11 is 0. The molecule has 2 rings (SSSR count). The summed E-state index contributed by atoms with van der Waals surface area (Å²) in [5, 5.41) is 0. The molecule has 1 atom stereocenters. The molecule has 2 heterocycles. The Balaban J connectivity index is 1.79. The van der Waals surface area contributed by atoms with E-state index in [1.165, 1.54) is 51.9 Å². The quantitative estimate of drug-likeness (QED) is 0.747. The van der Waals surface area contributed by atoms with Crippen molar-refractivity contribution in [1.82, 2.24) is 9.80 Å². The lowest BCUT2D eigenvalue weighted by atomic mass is 9.96. The predicted octanol–water partition coefficient (Wildman–Crippen LogP) is 1.97. The van der Waals surface area contributed by atoms with Crippen molar-refractivity contribution in [3.63, 3.8) is 0 Å². The van der Waals surface area contributed by atoms with Gasteiger partial charge in [-0.05, 0) is 39.3 Å². The molecule has 3 nitrogen and oxygen atoms in total. The number of likely N-dealkylation sites (tertiary alicyclic amines) is 1. The molecule has 100 valence electrons. The van der Waals surface area contributed by atoms with Crippen LogP contribution in [0.2, 0.25) is 0 Å². The minimum absolute atomic E-state index is 0.272. The average Bonchev–Trinajstić information content (AvgIpc) is 2.39. The number of ether oxygens (including phenoxy) is 1. The Bertz CT molecular complexity index is 228. The van der Waals surface area contributed by atoms with E-state index in [4.69, 9.17) is 4.74 Å². The van der Waals surface area contributed by atoms with E-state index in [9.17, 15) is 0 Å². The molecule has 3 heteroatoms. The molecule has 17 heavy (non-hydrogen) atoms. The first-order valence-electron chi connectivity index (χ1n) is 7.30. The standard InChI is InChI=1S/C14H28N2O/c1-3-14(2)13-17-12-11-16(14)10-9-15-7-5-4-6-8-15/h3-13H2,1-2H3/t14-/m1/s1. The number of piperidine rings is 1. The van der Waals surface area contributed by atoms with E-state index >= 15 is 0 Å². The fourth-order valence-electron chi connectivity index (χ4n) is 2.98. The van der Waals surface area contributed by atoms with Crippen LogP contribution in [0.5, 0.6) is 0 Å². The average molecular weight is 240 g/mol. The van der Waals surface area contributed by atoms with Gasteiger partial charge in [0.05, 0.1) is 13.2 Å². The van der Waals surface area contributed by atoms with Crippen LogP contribution in [0.1, 0.15) is 39.5 Å². The van der Waals surface area contributed by atoms with Crippen LogP contribution >= 0.6 is 0 Å². The number of nitrogens with zero attached hydrogens (tertiary/aromatic N) is 2. The summed E-state index contributed by atoms with van der Waals surface area (Å²) < 4.78 is 5.64. The highest BCUT2D eigenvalue weighted by atomic mass is 16.5. The Kier molecular flexibility index (Phi) is 4.83. The van der Waals surface area contributed by atoms with E-state index < -0.39 is 0 Å². The van der Waals surface area contributed by atoms with Crippen molar-refractivity contribution in [1.29, 1.82) is 0 Å². The molecule has 0 aromatic rings. The summed E-state index contributed by atoms with van der Waals surface area (Å²) in [5.41, 5.74) is 0.272. The molecule has 0 N–H and O–H groups in total. The highest BCUT2D eigenvalue weighted by molar-refractivity contribution is 4.88. The number of morpholine rings is 1. The first-order valence-corrected chi connectivity index (χ1v) is 7.30. The largest absolute Gasteiger partial charge is 0.378 e. The smallest absolute Gasteiger partial charge is 0.0648 e. The third kappa shape index (κ3) is 3.43. The highest BCUT2D eigenvalue weighted by Gasteiger charge is 2.33. The van der Waals surface area contributed by atoms with Gasteiger partial charge in [0.2, 0.25) is 0 Å². The Morgan fingerprint density at radius 2 is 1.82 bits per heavy atom. The number of hydrogen-bond acceptors (Lipinski definition) is 3. The maximum Gasteiger partial charge on any atom is 0.0648 e. The molecular formula is C14H28N2O. The van der Waals surface area contributed by atoms with Crippen LogP contribution in [-0.4, -0.2) is 61.3 Å². The van der Waals surface area contributed by atoms with Crippen molar-refractivity contribution >= 4 is 0 Å². The molecule has 0 saturated carbocycles. The van der Waals surface area contributed by atoms with Crippen LogP contribution in [0, 0.1) is 0 Å². The van der Waals surface area contributed by atoms with Crippen LogP contribution in [0.25, 0.3) is 0 Å². The fourth-order valence-corrected chi connectivity index (χ4v) is 2.98. The molecular weight excluding hydrogens is 212 g/mol. The van der Waals surface area contributed by atoms with Gasteiger partial charge in [0.15, 0.2) is 0 Å². The number of rotatable bonds is 4. The lowest BCUT2D eigenvalue weighted by Crippen LogP contribution is -2.56. The minimum Gasteiger partial charge on any atom is -0.378 e. The van der Waals surface area contributed by atoms with Gasteiger partial charge in [0.25, 0.3) is 0 Å². The number of hydrogen-bond donors (Lipinski definition) is 0. The van der Waals surface area contributed by atoms with E-state index in [-0.39, 0.29) is 5.54 Å². The predicted molar refractivity (Wildman–Crippen MR) is 71.4 cm³/mol. The Morgan fingerprint density at radius 3 is 2.53 bits per heavy atom. The van der Waals surface area contributed by atoms with Crippen molar-refractivity contribution in [3.8, 4) is 0 Å². The monoisotopic (exact) mass is 240 g/mol. The zero-order valence-corrected chi connectivity index (χ0v) is 11.6. The van der Waals surface area contributed by atoms with Crippen LogP contribution in [0.3, 0.4) is 0 Å². The maximum absolute atomic E-state index is 5.64. The molecule has 0 aliphatic carbocycles. The summed E-state index contributed by atoms with van der Waals surface area (Å²) in [6.45, 7) is 12.6. The van der Waals surface area contributed by atoms with Crippen LogP contribution in [-0.2, 0) is 4.74 Å². The van der Waals surface area contributed by atoms with Gasteiger partial charge in [-0.25, -0.2) is 0 Å². The molecule has 0 bridgehead atoms. The molecule has 0 aromatic carbocycles. The van der Waals surface area contributed by atoms with E-state index in [1.807, 2.05) is 0 Å². The van der Waals surface area contributed by atoms with E-state index in [0.29, 0.717) is 0 Å². The van der Waals surface area contributed by atoms with Gasteiger partial charge >= 0.3 is 0 Å². The maximum atomic E-state index is 5.64. The molecule has 0 spiro atoms. The van der Waals surface area contributed by atoms with E-state index in [2.05, 4.69) is 23.6 Å². The van der Waals surface area contributed by atoms with Gasteiger partial charge in [0, 0.05) is 25.2 Å². The van der Waals surface area contributed by atoms with Crippen molar-refractivity contribution < 1.29 is 4.74 Å². The fraction of sp³-hybridized carbons (Fsp3) is 1.00. The topological polar surface area (TPSA) is 15.7 Å². The summed E-state index contributed by atoms with van der Waals surface area (Å²) in [6, 6.07) is 0. The van der Waals surface area contributed by atoms with Gasteiger partial charge in [-0.2, -0.15) is 0 Å². The van der Waals surface area contributed by atoms with Crippen molar-refractivity contribution in [2.45, 2.75) is 45.1 Å². The Morgan fingerprint density at radius 1 is 1.06 bits per heavy atom. The molecule has 2 saturated heterocycles. The highest BCUT2D eigenvalue weighted by Crippen LogP contribution is 2.23. The molecule has 0 amide bonds. The second-order valence-corrected chi connectivity index (χ2v) is 5.79. The third-order valence-corrected chi connectivity index (χ3v) is 4.58. The van der Waals surface area contributed by atoms with Gasteiger partial charge in [-0.15, -0.1) is 0 Å². The minimum atomic E-state index is 0.272. The van der Waals surface area contributed by atoms with Crippen molar-refractivity contribution in [2.24, 2.45) is 0 Å². The first-order chi connectivity index (χ1) is 8.24. The summed E-state index contributed by atoms with van der Waals surface area (Å²) in [6.07, 6.45) is 5.41. The van der Waals surface area contributed by atoms with Crippen LogP contribution in [0.4, 0.5) is 0 Å². The van der Waals surface area contributed by atoms with Gasteiger partial charge in [0.1, 0.15) is 0 Å². The molecule has 0 unspecified atom stereocenters. The normalized spacial score (nSPS) is 32.8. The van der Waals surface area contributed by atoms with E-state index in [1.54, 1.807) is 0 Å². The second kappa shape index (κ2) is 6.17. The van der Waals surface area contributed by atoms with E-state index in [0.717, 1.165) is 19.8 Å². The molecule has 0 radical (unpaired) electrons. The Labute approximate surface area is 106 Å². The zero-order valence-electron chi connectivity index (χ0n) is 11.6. The summed E-state index contributed by atoms with van der Waals surface area (Å²) in [4.78, 5) is 5.28. The summed E-state index contributed by atoms with van der Waals surface area (Å²) in [5.74, 6) is 0. The van der Waals surface area contributed by atoms with Crippen LogP contribution < -0.4 is 0 Å². The lowest BCUT2D eigenvalue weighted by molar-refractivity contribution is -0.0646. The molecule has 0 aromatic heterocycles. The first kappa shape index (κ1) is 13.3. The SMILES string of the molecule is CC[C@]1(C)COCCN1CCN1CCCCC1. The summed E-state index contributed by atoms with van der Waals surface area (Å²) in [7, 11) is 0. The van der Waals surface area contributed by atoms with Crippen LogP contribution in [0.15, 0.2) is 0 Å². The van der Waals surface area contributed by atoms with Gasteiger partial charge in [-0.3, -0.25) is 4.90 Å². The molecule has 2 fully saturated rings. The molecule has 2 aliphatic rings. The van der Waals surface area contributed by atoms with Crippen molar-refractivity contribution in [2.75, 3.05) is 45.9 Å². The second-order valence-electron chi connectivity index (χ2n) is 5.79. The molecule has 2 aliphatic heterocycles. The third-order valence-electron chi connectivity index (χ3n) is 4.58. The zero-order chi connectivity index (χ0) is 12.1. The van der Waals surface area contributed by atoms with Gasteiger partial charge < -0.3 is 9.64 Å². The lowest BCUT2D eigenvalue weighted by Gasteiger charge is -2.45. The van der Waals surface area contributed by atoms with Gasteiger partial charge in [-0.1, -0.05) is 13.3 Å².